The molecule has 1 aromatic carbocycles. The molecular weight excluding hydrogens is 262 g/mol. The largest absolute Gasteiger partial charge is 0.394 e. The van der Waals surface area contributed by atoms with Gasteiger partial charge in [-0.2, -0.15) is 5.10 Å². The Hall–Kier alpha value is -1.65. The highest BCUT2D eigenvalue weighted by Gasteiger charge is 2.23. The molecular formula is C17H23N3O. The third-order valence-electron chi connectivity index (χ3n) is 4.32. The summed E-state index contributed by atoms with van der Waals surface area (Å²) in [6.07, 6.45) is 4.19. The molecule has 0 unspecified atom stereocenters. The highest BCUT2D eigenvalue weighted by molar-refractivity contribution is 5.15. The third-order valence-corrected chi connectivity index (χ3v) is 4.32. The second-order valence-corrected chi connectivity index (χ2v) is 5.74. The van der Waals surface area contributed by atoms with Gasteiger partial charge in [-0.15, -0.1) is 0 Å². The minimum Gasteiger partial charge on any atom is -0.394 e. The van der Waals surface area contributed by atoms with Crippen LogP contribution in [0.5, 0.6) is 0 Å². The van der Waals surface area contributed by atoms with E-state index in [2.05, 4.69) is 46.4 Å². The van der Waals surface area contributed by atoms with Crippen LogP contribution in [0.15, 0.2) is 42.6 Å². The number of rotatable bonds is 5. The lowest BCUT2D eigenvalue weighted by Gasteiger charge is -2.32. The Morgan fingerprint density at radius 2 is 1.86 bits per heavy atom. The Morgan fingerprint density at radius 1 is 1.10 bits per heavy atom. The van der Waals surface area contributed by atoms with Crippen molar-refractivity contribution in [3.8, 4) is 0 Å². The van der Waals surface area contributed by atoms with E-state index in [0.29, 0.717) is 12.5 Å². The van der Waals surface area contributed by atoms with Gasteiger partial charge in [0.1, 0.15) is 0 Å². The minimum atomic E-state index is 0.154. The fourth-order valence-electron chi connectivity index (χ4n) is 3.20. The van der Waals surface area contributed by atoms with Crippen molar-refractivity contribution in [3.63, 3.8) is 0 Å². The molecule has 1 aliphatic heterocycles. The molecule has 0 atom stereocenters. The Kier molecular flexibility index (Phi) is 4.68. The predicted octanol–water partition coefficient (Wildman–Crippen LogP) is 2.25. The number of nitrogens with zero attached hydrogens (tertiary/aromatic N) is 3. The standard InChI is InChI=1S/C17H23N3O/c21-13-12-20-17(6-9-18-20)16-7-10-19(11-8-16)14-15-4-2-1-3-5-15/h1-6,9,16,21H,7-8,10-14H2. The molecule has 0 bridgehead atoms. The number of hydrogen-bond acceptors (Lipinski definition) is 3. The summed E-state index contributed by atoms with van der Waals surface area (Å²) in [5.74, 6) is 0.575. The van der Waals surface area contributed by atoms with Crippen molar-refractivity contribution in [2.24, 2.45) is 0 Å². The first kappa shape index (κ1) is 14.3. The maximum atomic E-state index is 9.10. The number of likely N-dealkylation sites (tertiary alicyclic amines) is 1. The molecule has 2 heterocycles. The van der Waals surface area contributed by atoms with Gasteiger partial charge in [0.2, 0.25) is 0 Å². The van der Waals surface area contributed by atoms with Crippen molar-refractivity contribution in [3.05, 3.63) is 53.9 Å². The second kappa shape index (κ2) is 6.87. The zero-order valence-corrected chi connectivity index (χ0v) is 12.4. The highest BCUT2D eigenvalue weighted by Crippen LogP contribution is 2.28. The Balaban J connectivity index is 1.56. The fraction of sp³-hybridized carbons (Fsp3) is 0.471. The SMILES string of the molecule is OCCn1nccc1C1CCN(Cc2ccccc2)CC1. The molecule has 0 amide bonds. The van der Waals surface area contributed by atoms with Gasteiger partial charge in [-0.05, 0) is 37.6 Å². The van der Waals surface area contributed by atoms with E-state index < -0.39 is 0 Å². The fourth-order valence-corrected chi connectivity index (χ4v) is 3.20. The molecule has 3 rings (SSSR count). The summed E-state index contributed by atoms with van der Waals surface area (Å²) >= 11 is 0. The number of aliphatic hydroxyl groups excluding tert-OH is 1. The number of benzene rings is 1. The molecule has 4 heteroatoms. The van der Waals surface area contributed by atoms with E-state index >= 15 is 0 Å². The highest BCUT2D eigenvalue weighted by atomic mass is 16.3. The van der Waals surface area contributed by atoms with Crippen molar-refractivity contribution < 1.29 is 5.11 Å². The van der Waals surface area contributed by atoms with Gasteiger partial charge in [-0.3, -0.25) is 9.58 Å². The van der Waals surface area contributed by atoms with Gasteiger partial charge in [-0.1, -0.05) is 30.3 Å². The van der Waals surface area contributed by atoms with Crippen molar-refractivity contribution in [1.82, 2.24) is 14.7 Å². The first-order valence-corrected chi connectivity index (χ1v) is 7.75. The van der Waals surface area contributed by atoms with Crippen LogP contribution in [0.4, 0.5) is 0 Å². The molecule has 2 aromatic rings. The Bertz CT molecular complexity index is 544. The molecule has 1 fully saturated rings. The van der Waals surface area contributed by atoms with Crippen LogP contribution in [-0.4, -0.2) is 39.5 Å². The summed E-state index contributed by atoms with van der Waals surface area (Å²) in [5, 5.41) is 13.4. The van der Waals surface area contributed by atoms with E-state index in [1.807, 2.05) is 10.9 Å². The van der Waals surface area contributed by atoms with Crippen LogP contribution in [0, 0.1) is 0 Å². The average molecular weight is 285 g/mol. The molecule has 0 saturated carbocycles. The third kappa shape index (κ3) is 3.52. The maximum absolute atomic E-state index is 9.10. The van der Waals surface area contributed by atoms with E-state index in [1.165, 1.54) is 24.1 Å². The molecule has 1 N–H and O–H groups in total. The Morgan fingerprint density at radius 3 is 2.57 bits per heavy atom. The summed E-state index contributed by atoms with van der Waals surface area (Å²) in [5.41, 5.74) is 2.67. The summed E-state index contributed by atoms with van der Waals surface area (Å²) in [4.78, 5) is 2.53. The van der Waals surface area contributed by atoms with Crippen molar-refractivity contribution in [2.45, 2.75) is 31.8 Å². The summed E-state index contributed by atoms with van der Waals surface area (Å²) in [6.45, 7) is 4.06. The van der Waals surface area contributed by atoms with E-state index in [1.54, 1.807) is 0 Å². The van der Waals surface area contributed by atoms with Gasteiger partial charge >= 0.3 is 0 Å². The molecule has 0 radical (unpaired) electrons. The monoisotopic (exact) mass is 285 g/mol. The molecule has 1 saturated heterocycles. The van der Waals surface area contributed by atoms with Crippen molar-refractivity contribution in [1.29, 1.82) is 0 Å². The smallest absolute Gasteiger partial charge is 0.0644 e. The summed E-state index contributed by atoms with van der Waals surface area (Å²) in [7, 11) is 0. The van der Waals surface area contributed by atoms with Crippen molar-refractivity contribution in [2.75, 3.05) is 19.7 Å². The lowest BCUT2D eigenvalue weighted by Crippen LogP contribution is -2.33. The normalized spacial score (nSPS) is 17.2. The van der Waals surface area contributed by atoms with Gasteiger partial charge in [0.25, 0.3) is 0 Å². The number of aliphatic hydroxyl groups is 1. The predicted molar refractivity (Wildman–Crippen MR) is 83.0 cm³/mol. The topological polar surface area (TPSA) is 41.3 Å². The van der Waals surface area contributed by atoms with Crippen LogP contribution in [-0.2, 0) is 13.1 Å². The van der Waals surface area contributed by atoms with Gasteiger partial charge < -0.3 is 5.11 Å². The first-order valence-electron chi connectivity index (χ1n) is 7.75. The lowest BCUT2D eigenvalue weighted by molar-refractivity contribution is 0.199. The average Bonchev–Trinajstić information content (AvgIpc) is 2.98. The molecule has 0 aliphatic carbocycles. The summed E-state index contributed by atoms with van der Waals surface area (Å²) in [6, 6.07) is 12.8. The van der Waals surface area contributed by atoms with E-state index in [0.717, 1.165) is 19.6 Å². The van der Waals surface area contributed by atoms with Gasteiger partial charge in [-0.25, -0.2) is 0 Å². The van der Waals surface area contributed by atoms with Crippen LogP contribution in [0.3, 0.4) is 0 Å². The van der Waals surface area contributed by atoms with E-state index in [9.17, 15) is 0 Å². The van der Waals surface area contributed by atoms with Crippen LogP contribution in [0.25, 0.3) is 0 Å². The number of aromatic nitrogens is 2. The second-order valence-electron chi connectivity index (χ2n) is 5.74. The zero-order valence-electron chi connectivity index (χ0n) is 12.4. The molecule has 21 heavy (non-hydrogen) atoms. The lowest BCUT2D eigenvalue weighted by atomic mass is 9.93. The van der Waals surface area contributed by atoms with Gasteiger partial charge in [0.05, 0.1) is 13.2 Å². The van der Waals surface area contributed by atoms with Crippen LogP contribution in [0.2, 0.25) is 0 Å². The molecule has 4 nitrogen and oxygen atoms in total. The molecule has 112 valence electrons. The maximum Gasteiger partial charge on any atom is 0.0644 e. The Labute approximate surface area is 126 Å². The molecule has 0 spiro atoms. The summed E-state index contributed by atoms with van der Waals surface area (Å²) < 4.78 is 1.96. The van der Waals surface area contributed by atoms with Gasteiger partial charge in [0.15, 0.2) is 0 Å². The number of piperidine rings is 1. The van der Waals surface area contributed by atoms with E-state index in [4.69, 9.17) is 5.11 Å². The minimum absolute atomic E-state index is 0.154. The first-order chi connectivity index (χ1) is 10.4. The van der Waals surface area contributed by atoms with Crippen LogP contribution < -0.4 is 0 Å². The molecule has 1 aromatic heterocycles. The molecule has 1 aliphatic rings. The van der Waals surface area contributed by atoms with Gasteiger partial charge in [0, 0.05) is 24.4 Å². The number of hydrogen-bond donors (Lipinski definition) is 1. The van der Waals surface area contributed by atoms with Crippen LogP contribution >= 0.6 is 0 Å². The quantitative estimate of drug-likeness (QED) is 0.916. The van der Waals surface area contributed by atoms with E-state index in [-0.39, 0.29) is 6.61 Å². The zero-order chi connectivity index (χ0) is 14.5. The van der Waals surface area contributed by atoms with Crippen LogP contribution in [0.1, 0.15) is 30.0 Å². The van der Waals surface area contributed by atoms with Crippen molar-refractivity contribution >= 4 is 0 Å².